The number of amides is 2. The van der Waals surface area contributed by atoms with Crippen molar-refractivity contribution in [1.82, 2.24) is 30.4 Å². The molecule has 1 aliphatic rings. The van der Waals surface area contributed by atoms with Gasteiger partial charge in [0.1, 0.15) is 0 Å². The maximum absolute atomic E-state index is 12.2. The van der Waals surface area contributed by atoms with Crippen LogP contribution in [0.1, 0.15) is 28.9 Å². The van der Waals surface area contributed by atoms with Gasteiger partial charge in [-0.25, -0.2) is 4.79 Å². The van der Waals surface area contributed by atoms with Crippen molar-refractivity contribution in [2.75, 3.05) is 13.1 Å². The Hall–Kier alpha value is -2.70. The lowest BCUT2D eigenvalue weighted by Gasteiger charge is -2.27. The third-order valence-corrected chi connectivity index (χ3v) is 4.39. The van der Waals surface area contributed by atoms with Crippen LogP contribution < -0.4 is 5.32 Å². The van der Waals surface area contributed by atoms with E-state index in [2.05, 4.69) is 58.9 Å². The van der Waals surface area contributed by atoms with Gasteiger partial charge < -0.3 is 10.2 Å². The van der Waals surface area contributed by atoms with Gasteiger partial charge in [-0.3, -0.25) is 0 Å². The molecule has 0 fully saturated rings. The molecule has 0 radical (unpaired) electrons. The minimum Gasteiger partial charge on any atom is -0.331 e. The zero-order chi connectivity index (χ0) is 17.1. The summed E-state index contributed by atoms with van der Waals surface area (Å²) in [6.07, 6.45) is 3.01. The Balaban J connectivity index is 1.60. The highest BCUT2D eigenvalue weighted by Gasteiger charge is 2.19. The van der Waals surface area contributed by atoms with Gasteiger partial charge in [-0.15, -0.1) is 10.2 Å². The van der Waals surface area contributed by atoms with Crippen molar-refractivity contribution in [3.05, 3.63) is 46.8 Å². The van der Waals surface area contributed by atoms with Crippen molar-refractivity contribution < 1.29 is 4.79 Å². The summed E-state index contributed by atoms with van der Waals surface area (Å²) in [6.45, 7) is 5.89. The molecule has 0 atom stereocenters. The molecular formula is C17H22N6O. The molecule has 7 nitrogen and oxygen atoms in total. The number of urea groups is 1. The molecule has 1 N–H and O–H groups in total. The summed E-state index contributed by atoms with van der Waals surface area (Å²) in [7, 11) is 1.70. The Morgan fingerprint density at radius 2 is 2.17 bits per heavy atom. The predicted octanol–water partition coefficient (Wildman–Crippen LogP) is 1.83. The van der Waals surface area contributed by atoms with E-state index >= 15 is 0 Å². The highest BCUT2D eigenvalue weighted by Crippen LogP contribution is 2.26. The molecule has 0 unspecified atom stereocenters. The first-order valence-electron chi connectivity index (χ1n) is 8.06. The third-order valence-electron chi connectivity index (χ3n) is 4.39. The predicted molar refractivity (Wildman–Crippen MR) is 91.1 cm³/mol. The molecular weight excluding hydrogens is 304 g/mol. The van der Waals surface area contributed by atoms with Crippen LogP contribution >= 0.6 is 0 Å². The minimum absolute atomic E-state index is 0.0984. The van der Waals surface area contributed by atoms with Crippen LogP contribution in [-0.4, -0.2) is 44.2 Å². The SMILES string of the molecule is Cc1cccc(C2=CCN(C(=O)NCc3nnn(C)n3)CC2)c1C. The van der Waals surface area contributed by atoms with Gasteiger partial charge in [-0.2, -0.15) is 4.80 Å². The number of aryl methyl sites for hydroxylation is 2. The number of aromatic nitrogens is 4. The number of carbonyl (C=O) groups is 1. The fraction of sp³-hybridized carbons (Fsp3) is 0.412. The average Bonchev–Trinajstić information content (AvgIpc) is 3.01. The quantitative estimate of drug-likeness (QED) is 0.933. The van der Waals surface area contributed by atoms with Gasteiger partial charge in [0.2, 0.25) is 0 Å². The average molecular weight is 326 g/mol. The smallest absolute Gasteiger partial charge is 0.318 e. The molecule has 2 aromatic rings. The molecule has 7 heteroatoms. The van der Waals surface area contributed by atoms with E-state index in [4.69, 9.17) is 0 Å². The van der Waals surface area contributed by atoms with E-state index in [1.54, 1.807) is 11.9 Å². The molecule has 1 aliphatic heterocycles. The van der Waals surface area contributed by atoms with Crippen molar-refractivity contribution in [1.29, 1.82) is 0 Å². The number of nitrogens with zero attached hydrogens (tertiary/aromatic N) is 5. The standard InChI is InChI=1S/C17H22N6O/c1-12-5-4-6-15(13(12)2)14-7-9-23(10-8-14)17(24)18-11-16-19-21-22(3)20-16/h4-7H,8-11H2,1-3H3,(H,18,24). The van der Waals surface area contributed by atoms with E-state index in [0.29, 0.717) is 18.9 Å². The topological polar surface area (TPSA) is 75.9 Å². The van der Waals surface area contributed by atoms with Gasteiger partial charge >= 0.3 is 6.03 Å². The number of nitrogens with one attached hydrogen (secondary N) is 1. The second kappa shape index (κ2) is 6.82. The highest BCUT2D eigenvalue weighted by atomic mass is 16.2. The van der Waals surface area contributed by atoms with Crippen molar-refractivity contribution in [2.24, 2.45) is 7.05 Å². The van der Waals surface area contributed by atoms with E-state index in [9.17, 15) is 4.79 Å². The van der Waals surface area contributed by atoms with E-state index in [1.165, 1.54) is 27.1 Å². The summed E-state index contributed by atoms with van der Waals surface area (Å²) in [4.78, 5) is 15.4. The number of hydrogen-bond acceptors (Lipinski definition) is 4. The minimum atomic E-state index is -0.0984. The van der Waals surface area contributed by atoms with Gasteiger partial charge in [0.05, 0.1) is 13.6 Å². The molecule has 0 bridgehead atoms. The van der Waals surface area contributed by atoms with Gasteiger partial charge in [0.25, 0.3) is 0 Å². The van der Waals surface area contributed by atoms with Crippen LogP contribution in [0.2, 0.25) is 0 Å². The summed E-state index contributed by atoms with van der Waals surface area (Å²) < 4.78 is 0. The first-order valence-corrected chi connectivity index (χ1v) is 8.06. The molecule has 126 valence electrons. The zero-order valence-electron chi connectivity index (χ0n) is 14.3. The zero-order valence-corrected chi connectivity index (χ0v) is 14.3. The van der Waals surface area contributed by atoms with Gasteiger partial charge in [-0.1, -0.05) is 24.3 Å². The Bertz CT molecular complexity index is 779. The molecule has 3 rings (SSSR count). The Morgan fingerprint density at radius 3 is 2.83 bits per heavy atom. The third kappa shape index (κ3) is 3.45. The number of rotatable bonds is 3. The van der Waals surface area contributed by atoms with Crippen LogP contribution in [0.4, 0.5) is 4.79 Å². The van der Waals surface area contributed by atoms with Crippen molar-refractivity contribution >= 4 is 11.6 Å². The van der Waals surface area contributed by atoms with E-state index < -0.39 is 0 Å². The molecule has 0 saturated heterocycles. The Kier molecular flexibility index (Phi) is 4.59. The number of tetrazole rings is 1. The number of carbonyl (C=O) groups excluding carboxylic acids is 1. The number of benzene rings is 1. The fourth-order valence-corrected chi connectivity index (χ4v) is 2.86. The summed E-state index contributed by atoms with van der Waals surface area (Å²) in [5.41, 5.74) is 5.22. The summed E-state index contributed by atoms with van der Waals surface area (Å²) in [6, 6.07) is 6.27. The monoisotopic (exact) mass is 326 g/mol. The first kappa shape index (κ1) is 16.2. The molecule has 0 spiro atoms. The maximum atomic E-state index is 12.2. The first-order chi connectivity index (χ1) is 11.5. The molecule has 2 heterocycles. The highest BCUT2D eigenvalue weighted by molar-refractivity contribution is 5.77. The molecule has 1 aromatic carbocycles. The van der Waals surface area contributed by atoms with E-state index in [-0.39, 0.29) is 12.6 Å². The van der Waals surface area contributed by atoms with Gasteiger partial charge in [0.15, 0.2) is 5.82 Å². The molecule has 0 saturated carbocycles. The largest absolute Gasteiger partial charge is 0.331 e. The Morgan fingerprint density at radius 1 is 1.33 bits per heavy atom. The van der Waals surface area contributed by atoms with Gasteiger partial charge in [-0.05, 0) is 47.7 Å². The van der Waals surface area contributed by atoms with Crippen LogP contribution in [0.15, 0.2) is 24.3 Å². The van der Waals surface area contributed by atoms with Crippen LogP contribution in [0.5, 0.6) is 0 Å². The fourth-order valence-electron chi connectivity index (χ4n) is 2.86. The lowest BCUT2D eigenvalue weighted by Crippen LogP contribution is -2.42. The number of hydrogen-bond donors (Lipinski definition) is 1. The maximum Gasteiger partial charge on any atom is 0.318 e. The van der Waals surface area contributed by atoms with E-state index in [1.807, 2.05) is 0 Å². The summed E-state index contributed by atoms with van der Waals surface area (Å²) in [5.74, 6) is 0.509. The summed E-state index contributed by atoms with van der Waals surface area (Å²) in [5, 5.41) is 14.5. The molecule has 2 amide bonds. The van der Waals surface area contributed by atoms with Gasteiger partial charge in [0, 0.05) is 13.1 Å². The lowest BCUT2D eigenvalue weighted by atomic mass is 9.93. The summed E-state index contributed by atoms with van der Waals surface area (Å²) >= 11 is 0. The van der Waals surface area contributed by atoms with Crippen LogP contribution in [0.25, 0.3) is 5.57 Å². The molecule has 24 heavy (non-hydrogen) atoms. The van der Waals surface area contributed by atoms with Crippen molar-refractivity contribution in [3.8, 4) is 0 Å². The van der Waals surface area contributed by atoms with Crippen molar-refractivity contribution in [2.45, 2.75) is 26.8 Å². The van der Waals surface area contributed by atoms with Crippen molar-refractivity contribution in [3.63, 3.8) is 0 Å². The van der Waals surface area contributed by atoms with Crippen LogP contribution in [0.3, 0.4) is 0 Å². The second-order valence-corrected chi connectivity index (χ2v) is 6.03. The lowest BCUT2D eigenvalue weighted by molar-refractivity contribution is 0.202. The van der Waals surface area contributed by atoms with Crippen LogP contribution in [-0.2, 0) is 13.6 Å². The van der Waals surface area contributed by atoms with Crippen LogP contribution in [0, 0.1) is 13.8 Å². The molecule has 0 aliphatic carbocycles. The second-order valence-electron chi connectivity index (χ2n) is 6.03. The Labute approximate surface area is 141 Å². The molecule has 1 aromatic heterocycles. The van der Waals surface area contributed by atoms with E-state index in [0.717, 1.165) is 6.42 Å². The normalized spacial score (nSPS) is 14.5.